The van der Waals surface area contributed by atoms with Crippen LogP contribution in [0.25, 0.3) is 0 Å². The van der Waals surface area contributed by atoms with Crippen LogP contribution in [0, 0.1) is 16.2 Å². The minimum Gasteiger partial charge on any atom is -0.482 e. The smallest absolute Gasteiger partial charge is 0.276 e. The summed E-state index contributed by atoms with van der Waals surface area (Å²) in [4.78, 5) is 37.3. The van der Waals surface area contributed by atoms with E-state index in [-0.39, 0.29) is 29.7 Å². The van der Waals surface area contributed by atoms with Crippen molar-refractivity contribution in [2.24, 2.45) is 16.2 Å². The zero-order valence-electron chi connectivity index (χ0n) is 15.4. The molecule has 146 valence electrons. The van der Waals surface area contributed by atoms with Crippen LogP contribution in [-0.4, -0.2) is 24.2 Å². The van der Waals surface area contributed by atoms with Crippen molar-refractivity contribution < 1.29 is 19.1 Å². The molecule has 0 saturated heterocycles. The van der Waals surface area contributed by atoms with Crippen molar-refractivity contribution in [2.75, 3.05) is 6.61 Å². The van der Waals surface area contributed by atoms with Gasteiger partial charge in [-0.05, 0) is 36.5 Å². The average Bonchev–Trinajstić information content (AvgIpc) is 2.89. The number of benzene rings is 1. The lowest BCUT2D eigenvalue weighted by molar-refractivity contribution is -0.140. The molecule has 0 spiro atoms. The number of Topliss-reactive ketones (excluding diaryl/α,β-unsaturated/α-hetero) is 1. The van der Waals surface area contributed by atoms with Gasteiger partial charge in [0.1, 0.15) is 11.5 Å². The number of hydrogen-bond donors (Lipinski definition) is 2. The van der Waals surface area contributed by atoms with Gasteiger partial charge in [0, 0.05) is 16.9 Å². The van der Waals surface area contributed by atoms with Crippen molar-refractivity contribution in [2.45, 2.75) is 40.0 Å². The van der Waals surface area contributed by atoms with Gasteiger partial charge in [0.15, 0.2) is 6.61 Å². The van der Waals surface area contributed by atoms with Crippen LogP contribution in [0.15, 0.2) is 18.2 Å². The molecule has 1 aromatic carbocycles. The van der Waals surface area contributed by atoms with Crippen molar-refractivity contribution >= 4 is 40.8 Å². The van der Waals surface area contributed by atoms with Crippen molar-refractivity contribution in [1.29, 1.82) is 0 Å². The molecule has 2 atom stereocenters. The van der Waals surface area contributed by atoms with Crippen LogP contribution >= 0.6 is 23.2 Å². The molecule has 0 heterocycles. The summed E-state index contributed by atoms with van der Waals surface area (Å²) in [6.45, 7) is 5.52. The molecule has 0 aromatic heterocycles. The van der Waals surface area contributed by atoms with Crippen LogP contribution in [-0.2, 0) is 14.4 Å². The Bertz CT molecular complexity index is 826. The van der Waals surface area contributed by atoms with Gasteiger partial charge in [0.2, 0.25) is 5.91 Å². The minimum absolute atomic E-state index is 0.112. The van der Waals surface area contributed by atoms with Crippen molar-refractivity contribution in [3.63, 3.8) is 0 Å². The second kappa shape index (κ2) is 6.67. The zero-order chi connectivity index (χ0) is 20.0. The maximum absolute atomic E-state index is 12.8. The van der Waals surface area contributed by atoms with Crippen LogP contribution in [0.2, 0.25) is 10.0 Å². The topological polar surface area (TPSA) is 84.5 Å². The monoisotopic (exact) mass is 412 g/mol. The molecule has 2 aliphatic carbocycles. The standard InChI is InChI=1S/C19H22Cl2N2O4/c1-17(2)18(3)6-7-19(17,9-14(18)24)16(26)23-22-15(25)10-27-13-5-4-11(20)8-12(13)21/h4-5,8H,6-7,9-10H2,1-3H3,(H,22,25)(H,23,26). The fraction of sp³-hybridized carbons (Fsp3) is 0.526. The van der Waals surface area contributed by atoms with Gasteiger partial charge in [0.25, 0.3) is 5.91 Å². The first-order valence-electron chi connectivity index (χ1n) is 8.74. The number of amides is 2. The van der Waals surface area contributed by atoms with Gasteiger partial charge >= 0.3 is 0 Å². The minimum atomic E-state index is -0.799. The molecular weight excluding hydrogens is 391 g/mol. The number of ketones is 1. The van der Waals surface area contributed by atoms with E-state index in [2.05, 4.69) is 10.9 Å². The molecule has 2 amide bonds. The highest BCUT2D eigenvalue weighted by Gasteiger charge is 2.72. The molecule has 2 saturated carbocycles. The first-order valence-corrected chi connectivity index (χ1v) is 9.49. The van der Waals surface area contributed by atoms with E-state index in [1.54, 1.807) is 12.1 Å². The van der Waals surface area contributed by atoms with E-state index >= 15 is 0 Å². The number of halogens is 2. The number of hydrogen-bond acceptors (Lipinski definition) is 4. The molecule has 6 nitrogen and oxygen atoms in total. The van der Waals surface area contributed by atoms with Crippen LogP contribution in [0.1, 0.15) is 40.0 Å². The molecule has 27 heavy (non-hydrogen) atoms. The first kappa shape index (κ1) is 20.0. The molecule has 2 aliphatic rings. The van der Waals surface area contributed by atoms with E-state index in [4.69, 9.17) is 27.9 Å². The van der Waals surface area contributed by atoms with Gasteiger partial charge in [0.05, 0.1) is 10.4 Å². The maximum atomic E-state index is 12.8. The lowest BCUT2D eigenvalue weighted by Gasteiger charge is -2.38. The second-order valence-electron chi connectivity index (χ2n) is 8.00. The predicted molar refractivity (Wildman–Crippen MR) is 101 cm³/mol. The molecule has 8 heteroatoms. The molecule has 0 radical (unpaired) electrons. The predicted octanol–water partition coefficient (Wildman–Crippen LogP) is 3.31. The summed E-state index contributed by atoms with van der Waals surface area (Å²) in [7, 11) is 0. The summed E-state index contributed by atoms with van der Waals surface area (Å²) in [6.07, 6.45) is 1.51. The number of rotatable bonds is 4. The summed E-state index contributed by atoms with van der Waals surface area (Å²) >= 11 is 11.8. The summed E-state index contributed by atoms with van der Waals surface area (Å²) in [5.74, 6) is -0.440. The molecule has 2 N–H and O–H groups in total. The number of carbonyl (C=O) groups excluding carboxylic acids is 3. The van der Waals surface area contributed by atoms with Crippen molar-refractivity contribution in [3.05, 3.63) is 28.2 Å². The summed E-state index contributed by atoms with van der Waals surface area (Å²) in [6, 6.07) is 4.66. The van der Waals surface area contributed by atoms with E-state index < -0.39 is 22.2 Å². The van der Waals surface area contributed by atoms with Crippen LogP contribution in [0.3, 0.4) is 0 Å². The quantitative estimate of drug-likeness (QED) is 0.742. The summed E-state index contributed by atoms with van der Waals surface area (Å²) in [5.41, 5.74) is 3.06. The fourth-order valence-corrected chi connectivity index (χ4v) is 4.84. The molecule has 3 rings (SSSR count). The lowest BCUT2D eigenvalue weighted by atomic mass is 9.64. The summed E-state index contributed by atoms with van der Waals surface area (Å²) < 4.78 is 5.34. The third-order valence-corrected chi connectivity index (χ3v) is 7.24. The zero-order valence-corrected chi connectivity index (χ0v) is 17.0. The number of hydrazine groups is 1. The van der Waals surface area contributed by atoms with Gasteiger partial charge in [-0.15, -0.1) is 0 Å². The Balaban J connectivity index is 1.58. The molecule has 1 aromatic rings. The van der Waals surface area contributed by atoms with Gasteiger partial charge in [-0.25, -0.2) is 0 Å². The Kier molecular flexibility index (Phi) is 4.93. The van der Waals surface area contributed by atoms with E-state index in [1.807, 2.05) is 20.8 Å². The van der Waals surface area contributed by atoms with Crippen molar-refractivity contribution in [3.8, 4) is 5.75 Å². The van der Waals surface area contributed by atoms with Gasteiger partial charge in [-0.2, -0.15) is 0 Å². The van der Waals surface area contributed by atoms with Gasteiger partial charge < -0.3 is 4.74 Å². The Labute approximate surface area is 167 Å². The van der Waals surface area contributed by atoms with Crippen LogP contribution in [0.4, 0.5) is 0 Å². The number of nitrogens with one attached hydrogen (secondary N) is 2. The molecule has 2 unspecified atom stereocenters. The average molecular weight is 413 g/mol. The van der Waals surface area contributed by atoms with E-state index in [0.29, 0.717) is 23.6 Å². The highest BCUT2D eigenvalue weighted by molar-refractivity contribution is 6.35. The highest BCUT2D eigenvalue weighted by atomic mass is 35.5. The van der Waals surface area contributed by atoms with Crippen LogP contribution in [0.5, 0.6) is 5.75 Å². The number of ether oxygens (including phenoxy) is 1. The van der Waals surface area contributed by atoms with Gasteiger partial charge in [-0.3, -0.25) is 25.2 Å². The second-order valence-corrected chi connectivity index (χ2v) is 8.85. The third-order valence-electron chi connectivity index (χ3n) is 6.71. The summed E-state index contributed by atoms with van der Waals surface area (Å²) in [5, 5.41) is 0.746. The normalized spacial score (nSPS) is 28.1. The highest BCUT2D eigenvalue weighted by Crippen LogP contribution is 2.70. The lowest BCUT2D eigenvalue weighted by Crippen LogP contribution is -2.53. The Morgan fingerprint density at radius 3 is 2.41 bits per heavy atom. The Morgan fingerprint density at radius 1 is 1.15 bits per heavy atom. The molecular formula is C19H22Cl2N2O4. The molecule has 0 aliphatic heterocycles. The SMILES string of the molecule is CC12CCC(C(=O)NNC(=O)COc3ccc(Cl)cc3Cl)(CC1=O)C2(C)C. The number of carbonyl (C=O) groups is 3. The Morgan fingerprint density at radius 2 is 1.85 bits per heavy atom. The number of fused-ring (bicyclic) bond motifs is 2. The first-order chi connectivity index (χ1) is 12.5. The molecule has 2 bridgehead atoms. The van der Waals surface area contributed by atoms with E-state index in [9.17, 15) is 14.4 Å². The fourth-order valence-electron chi connectivity index (χ4n) is 4.38. The maximum Gasteiger partial charge on any atom is 0.276 e. The Hall–Kier alpha value is -1.79. The largest absolute Gasteiger partial charge is 0.482 e. The van der Waals surface area contributed by atoms with Crippen LogP contribution < -0.4 is 15.6 Å². The van der Waals surface area contributed by atoms with Crippen molar-refractivity contribution in [1.82, 2.24) is 10.9 Å². The van der Waals surface area contributed by atoms with E-state index in [1.165, 1.54) is 6.07 Å². The molecule has 2 fully saturated rings. The van der Waals surface area contributed by atoms with E-state index in [0.717, 1.165) is 0 Å². The third kappa shape index (κ3) is 2.99. The van der Waals surface area contributed by atoms with Gasteiger partial charge in [-0.1, -0.05) is 44.0 Å².